The number of aromatic nitrogens is 4. The average Bonchev–Trinajstić information content (AvgIpc) is 3.63. The summed E-state index contributed by atoms with van der Waals surface area (Å²) < 4.78 is 50.8. The molecule has 0 amide bonds. The van der Waals surface area contributed by atoms with E-state index in [-0.39, 0.29) is 22.0 Å². The molecule has 6 rings (SSSR count). The Balaban J connectivity index is 1.48. The van der Waals surface area contributed by atoms with Crippen LogP contribution in [-0.2, 0) is 19.5 Å². The number of aldehydes is 1. The molecule has 3 heterocycles. The Morgan fingerprint density at radius 3 is 2.04 bits per heavy atom. The summed E-state index contributed by atoms with van der Waals surface area (Å²) in [6.45, 7) is 10.1. The summed E-state index contributed by atoms with van der Waals surface area (Å²) in [5, 5.41) is 3.31. The maximum atomic E-state index is 16.3. The molecule has 0 spiro atoms. The lowest BCUT2D eigenvalue weighted by molar-refractivity contribution is -0.122. The van der Waals surface area contributed by atoms with E-state index in [0.29, 0.717) is 12.0 Å². The first-order valence-electron chi connectivity index (χ1n) is 15.8. The van der Waals surface area contributed by atoms with Crippen molar-refractivity contribution < 1.29 is 27.5 Å². The third-order valence-electron chi connectivity index (χ3n) is 9.49. The zero-order valence-corrected chi connectivity index (χ0v) is 28.7. The Hall–Kier alpha value is -4.52. The van der Waals surface area contributed by atoms with Crippen LogP contribution in [0, 0.1) is 6.08 Å². The molecule has 0 unspecified atom stereocenters. The average molecular weight is 672 g/mol. The standard InChI is InChI=1S/C36H39F2N5O4Si/c1-35(2,3)48(5,6)47-30-27(21-44)46-33(28(30)37)43-22-39-29-31(40-34(38)41-32(29)43)42-36(23-13-9-7-10-14-23,24-15-11-8-12-16-24)25-17-19-26(45-4)20-18-25/h7-22,27-28,30,33H,1-6H3,(H,40,41,42)/t27-,28+,30-,33-/m1/s1. The van der Waals surface area contributed by atoms with Crippen molar-refractivity contribution in [1.29, 1.82) is 0 Å². The van der Waals surface area contributed by atoms with Crippen molar-refractivity contribution in [3.63, 3.8) is 0 Å². The Labute approximate surface area is 279 Å². The number of nitrogens with zero attached hydrogens (tertiary/aromatic N) is 4. The molecule has 1 N–H and O–H groups in total. The number of benzene rings is 3. The predicted octanol–water partition coefficient (Wildman–Crippen LogP) is 7.20. The van der Waals surface area contributed by atoms with E-state index < -0.39 is 44.5 Å². The molecule has 0 saturated carbocycles. The van der Waals surface area contributed by atoms with Crippen molar-refractivity contribution in [3.8, 4) is 5.75 Å². The zero-order valence-electron chi connectivity index (χ0n) is 27.7. The van der Waals surface area contributed by atoms with Gasteiger partial charge in [-0.15, -0.1) is 0 Å². The maximum absolute atomic E-state index is 16.3. The number of nitrogens with one attached hydrogen (secondary N) is 1. The lowest BCUT2D eigenvalue weighted by Crippen LogP contribution is -2.48. The van der Waals surface area contributed by atoms with Crippen LogP contribution in [0.4, 0.5) is 14.6 Å². The third kappa shape index (κ3) is 5.88. The number of carbonyl (C=O) groups is 1. The van der Waals surface area contributed by atoms with E-state index >= 15 is 8.78 Å². The highest BCUT2D eigenvalue weighted by Crippen LogP contribution is 2.44. The highest BCUT2D eigenvalue weighted by Gasteiger charge is 2.52. The topological polar surface area (TPSA) is 100 Å². The molecule has 1 aliphatic rings. The van der Waals surface area contributed by atoms with Crippen LogP contribution in [0.5, 0.6) is 5.75 Å². The van der Waals surface area contributed by atoms with Crippen LogP contribution in [0.25, 0.3) is 11.2 Å². The van der Waals surface area contributed by atoms with E-state index in [9.17, 15) is 4.79 Å². The van der Waals surface area contributed by atoms with Gasteiger partial charge in [0, 0.05) is 0 Å². The molecule has 9 nitrogen and oxygen atoms in total. The number of carbonyl (C=O) groups excluding carboxylic acids is 1. The molecule has 0 bridgehead atoms. The lowest BCUT2D eigenvalue weighted by atomic mass is 9.77. The molecule has 0 radical (unpaired) electrons. The van der Waals surface area contributed by atoms with Crippen molar-refractivity contribution in [2.24, 2.45) is 0 Å². The summed E-state index contributed by atoms with van der Waals surface area (Å²) in [6.07, 6.45) is -4.57. The van der Waals surface area contributed by atoms with Crippen LogP contribution in [0.2, 0.25) is 18.1 Å². The predicted molar refractivity (Wildman–Crippen MR) is 182 cm³/mol. The van der Waals surface area contributed by atoms with Crippen LogP contribution < -0.4 is 10.1 Å². The van der Waals surface area contributed by atoms with Crippen molar-refractivity contribution in [3.05, 3.63) is 114 Å². The van der Waals surface area contributed by atoms with Crippen molar-refractivity contribution in [2.45, 2.75) is 69.0 Å². The van der Waals surface area contributed by atoms with E-state index in [0.717, 1.165) is 16.7 Å². The minimum atomic E-state index is -2.49. The highest BCUT2D eigenvalue weighted by atomic mass is 28.4. The van der Waals surface area contributed by atoms with Crippen LogP contribution >= 0.6 is 0 Å². The summed E-state index contributed by atoms with van der Waals surface area (Å²) in [7, 11) is -0.895. The van der Waals surface area contributed by atoms with Gasteiger partial charge in [-0.05, 0) is 47.0 Å². The molecular formula is C36H39F2N5O4Si. The summed E-state index contributed by atoms with van der Waals surface area (Å²) in [6, 6.07) is 27.0. The summed E-state index contributed by atoms with van der Waals surface area (Å²) in [5.74, 6) is 0.749. The van der Waals surface area contributed by atoms with Crippen molar-refractivity contribution >= 4 is 31.6 Å². The molecule has 250 valence electrons. The lowest BCUT2D eigenvalue weighted by Gasteiger charge is -2.39. The largest absolute Gasteiger partial charge is 0.497 e. The second-order valence-electron chi connectivity index (χ2n) is 13.4. The SMILES string of the molecule is COc1ccc(C(Nc2nc(F)nc3c2ncn3[C@@H]2O[C@H](C=O)[C@@H](O[Si](C)(C)C(C)(C)C)[C@@H]2F)(c2ccccc2)c2ccccc2)cc1. The molecule has 2 aromatic heterocycles. The number of alkyl halides is 1. The summed E-state index contributed by atoms with van der Waals surface area (Å²) in [4.78, 5) is 24.9. The van der Waals surface area contributed by atoms with Gasteiger partial charge in [-0.2, -0.15) is 14.4 Å². The molecule has 3 aromatic carbocycles. The van der Waals surface area contributed by atoms with E-state index in [1.54, 1.807) is 7.11 Å². The van der Waals surface area contributed by atoms with Gasteiger partial charge in [0.2, 0.25) is 0 Å². The molecule has 1 fully saturated rings. The van der Waals surface area contributed by atoms with Crippen LogP contribution in [-0.4, -0.2) is 59.6 Å². The van der Waals surface area contributed by atoms with Gasteiger partial charge in [0.05, 0.1) is 13.4 Å². The fraction of sp³-hybridized carbons (Fsp3) is 0.333. The first-order valence-corrected chi connectivity index (χ1v) is 18.7. The second kappa shape index (κ2) is 12.8. The van der Waals surface area contributed by atoms with Gasteiger partial charge in [0.15, 0.2) is 44.0 Å². The van der Waals surface area contributed by atoms with Gasteiger partial charge >= 0.3 is 6.08 Å². The highest BCUT2D eigenvalue weighted by molar-refractivity contribution is 6.74. The quantitative estimate of drug-likeness (QED) is 0.0720. The molecule has 4 atom stereocenters. The number of methoxy groups -OCH3 is 1. The van der Waals surface area contributed by atoms with Gasteiger partial charge in [0.25, 0.3) is 0 Å². The number of halogens is 2. The minimum Gasteiger partial charge on any atom is -0.497 e. The number of hydrogen-bond donors (Lipinski definition) is 1. The first-order chi connectivity index (χ1) is 22.9. The fourth-order valence-electron chi connectivity index (χ4n) is 5.91. The molecule has 12 heteroatoms. The molecule has 5 aromatic rings. The molecule has 0 aliphatic carbocycles. The van der Waals surface area contributed by atoms with Gasteiger partial charge in [-0.1, -0.05) is 93.6 Å². The number of imidazole rings is 1. The Bertz CT molecular complexity index is 1840. The van der Waals surface area contributed by atoms with Crippen LogP contribution in [0.3, 0.4) is 0 Å². The normalized spacial score (nSPS) is 20.2. The molecule has 1 saturated heterocycles. The van der Waals surface area contributed by atoms with E-state index in [1.807, 2.05) is 119 Å². The van der Waals surface area contributed by atoms with E-state index in [2.05, 4.69) is 20.3 Å². The van der Waals surface area contributed by atoms with Gasteiger partial charge in [-0.25, -0.2) is 9.37 Å². The minimum absolute atomic E-state index is 0.0000275. The Morgan fingerprint density at radius 2 is 1.50 bits per heavy atom. The van der Waals surface area contributed by atoms with Gasteiger partial charge in [0.1, 0.15) is 23.5 Å². The van der Waals surface area contributed by atoms with E-state index in [1.165, 1.54) is 10.9 Å². The number of ether oxygens (including phenoxy) is 2. The number of fused-ring (bicyclic) bond motifs is 1. The molecular weight excluding hydrogens is 633 g/mol. The maximum Gasteiger partial charge on any atom is 0.312 e. The molecule has 1 aliphatic heterocycles. The number of rotatable bonds is 10. The van der Waals surface area contributed by atoms with Gasteiger partial charge < -0.3 is 24.0 Å². The smallest absolute Gasteiger partial charge is 0.312 e. The third-order valence-corrected chi connectivity index (χ3v) is 14.0. The number of anilines is 1. The van der Waals surface area contributed by atoms with Crippen molar-refractivity contribution in [2.75, 3.05) is 12.4 Å². The van der Waals surface area contributed by atoms with Crippen molar-refractivity contribution in [1.82, 2.24) is 19.5 Å². The summed E-state index contributed by atoms with van der Waals surface area (Å²) >= 11 is 0. The number of hydrogen-bond acceptors (Lipinski definition) is 8. The van der Waals surface area contributed by atoms with Crippen LogP contribution in [0.1, 0.15) is 43.7 Å². The second-order valence-corrected chi connectivity index (χ2v) is 18.2. The fourth-order valence-corrected chi connectivity index (χ4v) is 7.21. The molecule has 48 heavy (non-hydrogen) atoms. The van der Waals surface area contributed by atoms with Gasteiger partial charge in [-0.3, -0.25) is 4.57 Å². The monoisotopic (exact) mass is 671 g/mol. The Kier molecular flexibility index (Phi) is 8.92. The van der Waals surface area contributed by atoms with Crippen LogP contribution in [0.15, 0.2) is 91.3 Å². The Morgan fingerprint density at radius 1 is 0.917 bits per heavy atom. The zero-order chi connectivity index (χ0) is 34.3. The first kappa shape index (κ1) is 33.4. The summed E-state index contributed by atoms with van der Waals surface area (Å²) in [5.41, 5.74) is 1.59. The van der Waals surface area contributed by atoms with E-state index in [4.69, 9.17) is 13.9 Å².